The number of para-hydroxylation sites is 2. The Morgan fingerprint density at radius 2 is 0.968 bits per heavy atom. The maximum absolute atomic E-state index is 4.65. The molecule has 0 bridgehead atoms. The Morgan fingerprint density at radius 1 is 0.548 bits per heavy atom. The summed E-state index contributed by atoms with van der Waals surface area (Å²) in [6.45, 7) is 0. The summed E-state index contributed by atoms with van der Waals surface area (Å²) in [6, 6.07) is 31.2. The number of hydrazone groups is 2. The van der Waals surface area contributed by atoms with Gasteiger partial charge in [-0.25, -0.2) is 0 Å². The van der Waals surface area contributed by atoms with Gasteiger partial charge >= 0.3 is 0 Å². The van der Waals surface area contributed by atoms with Gasteiger partial charge in [-0.3, -0.25) is 20.8 Å². The van der Waals surface area contributed by atoms with Crippen LogP contribution < -0.4 is 10.9 Å². The Bertz CT molecular complexity index is 1030. The molecule has 4 aromatic rings. The molecular formula is C25H22N6. The van der Waals surface area contributed by atoms with E-state index >= 15 is 0 Å². The van der Waals surface area contributed by atoms with E-state index in [1.807, 2.05) is 97.1 Å². The second-order valence-corrected chi connectivity index (χ2v) is 6.68. The van der Waals surface area contributed by atoms with Crippen LogP contribution in [0.3, 0.4) is 0 Å². The molecule has 0 saturated carbocycles. The van der Waals surface area contributed by atoms with Crippen molar-refractivity contribution in [3.63, 3.8) is 0 Å². The van der Waals surface area contributed by atoms with E-state index in [-0.39, 0.29) is 0 Å². The van der Waals surface area contributed by atoms with Crippen LogP contribution in [-0.4, -0.2) is 21.4 Å². The number of aromatic nitrogens is 2. The van der Waals surface area contributed by atoms with Crippen LogP contribution in [0.1, 0.15) is 17.8 Å². The number of benzene rings is 2. The zero-order valence-corrected chi connectivity index (χ0v) is 16.9. The van der Waals surface area contributed by atoms with Crippen LogP contribution in [0, 0.1) is 0 Å². The maximum Gasteiger partial charge on any atom is 0.0924 e. The Labute approximate surface area is 181 Å². The van der Waals surface area contributed by atoms with Crippen molar-refractivity contribution in [1.29, 1.82) is 0 Å². The third kappa shape index (κ3) is 5.83. The van der Waals surface area contributed by atoms with Crippen molar-refractivity contribution in [3.8, 4) is 0 Å². The second-order valence-electron chi connectivity index (χ2n) is 6.68. The quantitative estimate of drug-likeness (QED) is 0.312. The van der Waals surface area contributed by atoms with E-state index in [1.165, 1.54) is 0 Å². The highest BCUT2D eigenvalue weighted by molar-refractivity contribution is 6.16. The van der Waals surface area contributed by atoms with E-state index in [4.69, 9.17) is 0 Å². The number of rotatable bonds is 8. The Kier molecular flexibility index (Phi) is 6.74. The molecule has 0 radical (unpaired) electrons. The van der Waals surface area contributed by atoms with Gasteiger partial charge in [-0.1, -0.05) is 48.5 Å². The van der Waals surface area contributed by atoms with E-state index in [9.17, 15) is 0 Å². The zero-order chi connectivity index (χ0) is 21.1. The predicted molar refractivity (Wildman–Crippen MR) is 126 cm³/mol. The van der Waals surface area contributed by atoms with Crippen LogP contribution in [0.15, 0.2) is 120 Å². The third-order valence-electron chi connectivity index (χ3n) is 4.44. The smallest absolute Gasteiger partial charge is 0.0924 e. The first-order chi connectivity index (χ1) is 15.4. The molecule has 0 aliphatic carbocycles. The van der Waals surface area contributed by atoms with Gasteiger partial charge in [-0.2, -0.15) is 10.2 Å². The molecule has 0 atom stereocenters. The van der Waals surface area contributed by atoms with E-state index in [1.54, 1.807) is 12.4 Å². The molecule has 0 fully saturated rings. The van der Waals surface area contributed by atoms with Crippen LogP contribution in [0.4, 0.5) is 11.4 Å². The molecule has 0 spiro atoms. The van der Waals surface area contributed by atoms with Gasteiger partial charge in [0.15, 0.2) is 0 Å². The fourth-order valence-corrected chi connectivity index (χ4v) is 2.89. The average molecular weight is 406 g/mol. The summed E-state index contributed by atoms with van der Waals surface area (Å²) < 4.78 is 0. The molecule has 31 heavy (non-hydrogen) atoms. The molecule has 2 aromatic carbocycles. The van der Waals surface area contributed by atoms with Crippen LogP contribution in [0.2, 0.25) is 0 Å². The SMILES string of the molecule is c1ccc(N/N=C(/C/C(=N/Nc2ccccc2)c2ccccn2)c2ccccn2)cc1. The summed E-state index contributed by atoms with van der Waals surface area (Å²) in [7, 11) is 0. The van der Waals surface area contributed by atoms with E-state index in [0.717, 1.165) is 34.2 Å². The summed E-state index contributed by atoms with van der Waals surface area (Å²) in [5, 5.41) is 9.30. The lowest BCUT2D eigenvalue weighted by Crippen LogP contribution is -2.16. The van der Waals surface area contributed by atoms with Gasteiger partial charge in [0.05, 0.1) is 34.2 Å². The van der Waals surface area contributed by atoms with Gasteiger partial charge in [0.25, 0.3) is 0 Å². The molecule has 6 nitrogen and oxygen atoms in total. The molecular weight excluding hydrogens is 384 g/mol. The first-order valence-electron chi connectivity index (χ1n) is 9.96. The Balaban J connectivity index is 1.66. The number of anilines is 2. The summed E-state index contributed by atoms with van der Waals surface area (Å²) in [5.74, 6) is 0. The monoisotopic (exact) mass is 406 g/mol. The highest BCUT2D eigenvalue weighted by atomic mass is 15.3. The molecule has 152 valence electrons. The molecule has 0 amide bonds. The standard InChI is InChI=1S/C25H22N6/c1-3-11-20(12-4-1)28-30-24(22-15-7-9-17-26-22)19-25(23-16-8-10-18-27-23)31-29-21-13-5-2-6-14-21/h1-18,28-29H,19H2/b30-24-,31-25-. The highest BCUT2D eigenvalue weighted by Crippen LogP contribution is 2.12. The van der Waals surface area contributed by atoms with Crippen molar-refractivity contribution in [1.82, 2.24) is 9.97 Å². The third-order valence-corrected chi connectivity index (χ3v) is 4.44. The molecule has 0 aliphatic heterocycles. The first-order valence-corrected chi connectivity index (χ1v) is 9.96. The van der Waals surface area contributed by atoms with Crippen molar-refractivity contribution in [3.05, 3.63) is 121 Å². The molecule has 2 N–H and O–H groups in total. The van der Waals surface area contributed by atoms with Gasteiger partial charge in [-0.05, 0) is 48.5 Å². The normalized spacial score (nSPS) is 11.7. The van der Waals surface area contributed by atoms with E-state index in [2.05, 4.69) is 31.0 Å². The lowest BCUT2D eigenvalue weighted by Gasteiger charge is -2.11. The van der Waals surface area contributed by atoms with Gasteiger partial charge in [0.1, 0.15) is 0 Å². The summed E-state index contributed by atoms with van der Waals surface area (Å²) in [6.07, 6.45) is 3.95. The van der Waals surface area contributed by atoms with Crippen molar-refractivity contribution in [2.45, 2.75) is 6.42 Å². The van der Waals surface area contributed by atoms with Gasteiger partial charge < -0.3 is 0 Å². The van der Waals surface area contributed by atoms with E-state index < -0.39 is 0 Å². The molecule has 2 aromatic heterocycles. The van der Waals surface area contributed by atoms with Crippen molar-refractivity contribution in [2.24, 2.45) is 10.2 Å². The number of hydrogen-bond acceptors (Lipinski definition) is 6. The fraction of sp³-hybridized carbons (Fsp3) is 0.0400. The lowest BCUT2D eigenvalue weighted by molar-refractivity contribution is 1.20. The molecule has 6 heteroatoms. The Hall–Kier alpha value is -4.32. The number of hydrogen-bond donors (Lipinski definition) is 2. The lowest BCUT2D eigenvalue weighted by atomic mass is 10.1. The largest absolute Gasteiger partial charge is 0.278 e. The minimum absolute atomic E-state index is 0.438. The van der Waals surface area contributed by atoms with Crippen molar-refractivity contribution >= 4 is 22.8 Å². The Morgan fingerprint density at radius 3 is 1.35 bits per heavy atom. The minimum Gasteiger partial charge on any atom is -0.278 e. The van der Waals surface area contributed by atoms with Crippen LogP contribution >= 0.6 is 0 Å². The second kappa shape index (κ2) is 10.5. The zero-order valence-electron chi connectivity index (χ0n) is 16.9. The molecule has 2 heterocycles. The van der Waals surface area contributed by atoms with Crippen molar-refractivity contribution in [2.75, 3.05) is 10.9 Å². The summed E-state index contributed by atoms with van der Waals surface area (Å²) in [5.41, 5.74) is 11.1. The average Bonchev–Trinajstić information content (AvgIpc) is 2.86. The van der Waals surface area contributed by atoms with Gasteiger partial charge in [0.2, 0.25) is 0 Å². The van der Waals surface area contributed by atoms with E-state index in [0.29, 0.717) is 6.42 Å². The fourth-order valence-electron chi connectivity index (χ4n) is 2.89. The predicted octanol–water partition coefficient (Wildman–Crippen LogP) is 5.20. The van der Waals surface area contributed by atoms with Crippen LogP contribution in [0.25, 0.3) is 0 Å². The van der Waals surface area contributed by atoms with Crippen molar-refractivity contribution < 1.29 is 0 Å². The number of nitrogens with zero attached hydrogens (tertiary/aromatic N) is 4. The minimum atomic E-state index is 0.438. The molecule has 0 unspecified atom stereocenters. The molecule has 0 aliphatic rings. The number of pyridine rings is 2. The molecule has 0 saturated heterocycles. The topological polar surface area (TPSA) is 74.6 Å². The van der Waals surface area contributed by atoms with Crippen LogP contribution in [0.5, 0.6) is 0 Å². The van der Waals surface area contributed by atoms with Gasteiger partial charge in [-0.15, -0.1) is 0 Å². The highest BCUT2D eigenvalue weighted by Gasteiger charge is 2.13. The maximum atomic E-state index is 4.65. The van der Waals surface area contributed by atoms with Crippen LogP contribution in [-0.2, 0) is 0 Å². The van der Waals surface area contributed by atoms with Gasteiger partial charge in [0, 0.05) is 18.8 Å². The summed E-state index contributed by atoms with van der Waals surface area (Å²) >= 11 is 0. The molecule has 4 rings (SSSR count). The number of nitrogens with one attached hydrogen (secondary N) is 2. The summed E-state index contributed by atoms with van der Waals surface area (Å²) in [4.78, 5) is 8.98. The first kappa shape index (κ1) is 20.0.